The first-order valence-corrected chi connectivity index (χ1v) is 13.3. The fourth-order valence-corrected chi connectivity index (χ4v) is 6.69. The van der Waals surface area contributed by atoms with Gasteiger partial charge in [0.1, 0.15) is 23.5 Å². The molecule has 2 bridgehead atoms. The molecule has 0 radical (unpaired) electrons. The van der Waals surface area contributed by atoms with Gasteiger partial charge in [-0.1, -0.05) is 31.2 Å². The zero-order chi connectivity index (χ0) is 28.2. The predicted molar refractivity (Wildman–Crippen MR) is 142 cm³/mol. The van der Waals surface area contributed by atoms with E-state index in [1.165, 1.54) is 6.07 Å². The molecule has 2 saturated carbocycles. The zero-order valence-electron chi connectivity index (χ0n) is 22.5. The van der Waals surface area contributed by atoms with E-state index < -0.39 is 41.4 Å². The Kier molecular flexibility index (Phi) is 6.61. The Morgan fingerprint density at radius 3 is 2.54 bits per heavy atom. The highest BCUT2D eigenvalue weighted by Gasteiger charge is 2.71. The highest BCUT2D eigenvalue weighted by atomic mass is 19.1. The lowest BCUT2D eigenvalue weighted by atomic mass is 9.94. The number of fused-ring (bicyclic) bond motifs is 5. The van der Waals surface area contributed by atoms with Crippen molar-refractivity contribution in [3.05, 3.63) is 59.4 Å². The Hall–Kier alpha value is -3.93. The molecular weight excluding hydrogens is 499 g/mol. The average molecular weight is 533 g/mol. The van der Waals surface area contributed by atoms with E-state index in [0.29, 0.717) is 34.4 Å². The highest BCUT2D eigenvalue weighted by Crippen LogP contribution is 2.67. The first kappa shape index (κ1) is 26.7. The van der Waals surface area contributed by atoms with Gasteiger partial charge in [0.25, 0.3) is 0 Å². The second kappa shape index (κ2) is 9.67. The van der Waals surface area contributed by atoms with Crippen LogP contribution in [0.5, 0.6) is 0 Å². The summed E-state index contributed by atoms with van der Waals surface area (Å²) in [4.78, 5) is 39.7. The quantitative estimate of drug-likeness (QED) is 0.581. The van der Waals surface area contributed by atoms with Crippen LogP contribution >= 0.6 is 0 Å². The molecule has 2 aliphatic carbocycles. The van der Waals surface area contributed by atoms with Crippen LogP contribution < -0.4 is 11.1 Å². The summed E-state index contributed by atoms with van der Waals surface area (Å²) in [5.41, 5.74) is 6.42. The third-order valence-electron chi connectivity index (χ3n) is 8.34. The lowest BCUT2D eigenvalue weighted by Crippen LogP contribution is -2.56. The number of benzene rings is 2. The number of rotatable bonds is 6. The van der Waals surface area contributed by atoms with Gasteiger partial charge in [-0.25, -0.2) is 9.18 Å². The van der Waals surface area contributed by atoms with Crippen molar-refractivity contribution >= 4 is 17.9 Å². The first-order valence-electron chi connectivity index (χ1n) is 13.3. The molecule has 0 aromatic heterocycles. The second-order valence-electron chi connectivity index (χ2n) is 12.0. The molecule has 3 N–H and O–H groups in total. The van der Waals surface area contributed by atoms with Crippen molar-refractivity contribution in [2.75, 3.05) is 0 Å². The Balaban J connectivity index is 1.31. The number of piperidine rings is 1. The van der Waals surface area contributed by atoms with Crippen LogP contribution in [0.2, 0.25) is 0 Å². The third kappa shape index (κ3) is 4.96. The molecule has 2 aromatic rings. The van der Waals surface area contributed by atoms with Crippen LogP contribution in [-0.2, 0) is 16.0 Å². The maximum atomic E-state index is 15.1. The molecule has 3 amide bonds. The van der Waals surface area contributed by atoms with Crippen molar-refractivity contribution in [1.29, 1.82) is 5.26 Å². The molecular formula is C30H33FN4O4. The smallest absolute Gasteiger partial charge is 0.411 e. The Morgan fingerprint density at radius 1 is 1.18 bits per heavy atom. The fourth-order valence-electron chi connectivity index (χ4n) is 6.69. The molecule has 1 aliphatic heterocycles. The lowest BCUT2D eigenvalue weighted by Gasteiger charge is -2.35. The monoisotopic (exact) mass is 532 g/mol. The van der Waals surface area contributed by atoms with Crippen molar-refractivity contribution in [3.8, 4) is 17.2 Å². The third-order valence-corrected chi connectivity index (χ3v) is 8.34. The van der Waals surface area contributed by atoms with Gasteiger partial charge in [0, 0.05) is 18.0 Å². The maximum absolute atomic E-state index is 15.1. The molecule has 2 aromatic carbocycles. The summed E-state index contributed by atoms with van der Waals surface area (Å²) in [5, 5.41) is 12.6. The normalized spacial score (nSPS) is 27.3. The van der Waals surface area contributed by atoms with Crippen molar-refractivity contribution in [3.63, 3.8) is 0 Å². The summed E-state index contributed by atoms with van der Waals surface area (Å²) < 4.78 is 20.7. The molecule has 0 spiro atoms. The summed E-state index contributed by atoms with van der Waals surface area (Å²) >= 11 is 0. The number of halogens is 1. The van der Waals surface area contributed by atoms with Crippen molar-refractivity contribution in [2.24, 2.45) is 29.4 Å². The van der Waals surface area contributed by atoms with E-state index >= 15 is 4.39 Å². The van der Waals surface area contributed by atoms with E-state index in [0.717, 1.165) is 6.42 Å². The Bertz CT molecular complexity index is 1380. The number of hydrogen-bond donors (Lipinski definition) is 2. The van der Waals surface area contributed by atoms with Crippen LogP contribution in [-0.4, -0.2) is 46.5 Å². The summed E-state index contributed by atoms with van der Waals surface area (Å²) in [6.07, 6.45) is 0.204. The predicted octanol–water partition coefficient (Wildman–Crippen LogP) is 4.03. The maximum Gasteiger partial charge on any atom is 0.411 e. The molecule has 204 valence electrons. The van der Waals surface area contributed by atoms with Crippen LogP contribution in [0.15, 0.2) is 42.5 Å². The topological polar surface area (TPSA) is 126 Å². The molecule has 8 nitrogen and oxygen atoms in total. The Labute approximate surface area is 227 Å². The van der Waals surface area contributed by atoms with Gasteiger partial charge in [-0.2, -0.15) is 5.26 Å². The number of primary amides is 1. The number of nitrogens with two attached hydrogens (primary N) is 1. The van der Waals surface area contributed by atoms with Crippen LogP contribution in [0.1, 0.15) is 50.0 Å². The number of nitriles is 1. The molecule has 1 heterocycles. The zero-order valence-corrected chi connectivity index (χ0v) is 22.5. The number of likely N-dealkylation sites (tertiary alicyclic amines) is 1. The van der Waals surface area contributed by atoms with E-state index in [2.05, 4.69) is 18.3 Å². The van der Waals surface area contributed by atoms with Gasteiger partial charge in [0.2, 0.25) is 11.8 Å². The van der Waals surface area contributed by atoms with Crippen molar-refractivity contribution < 1.29 is 23.5 Å². The summed E-state index contributed by atoms with van der Waals surface area (Å²) in [6, 6.07) is 11.5. The van der Waals surface area contributed by atoms with E-state index in [9.17, 15) is 19.6 Å². The number of carbonyl (C=O) groups excluding carboxylic acids is 3. The van der Waals surface area contributed by atoms with Crippen molar-refractivity contribution in [2.45, 2.75) is 64.3 Å². The molecule has 9 heteroatoms. The van der Waals surface area contributed by atoms with Gasteiger partial charge in [0.15, 0.2) is 0 Å². The van der Waals surface area contributed by atoms with E-state index in [1.54, 1.807) is 62.1 Å². The summed E-state index contributed by atoms with van der Waals surface area (Å²) in [7, 11) is 0. The van der Waals surface area contributed by atoms with Gasteiger partial charge in [0.05, 0.1) is 6.07 Å². The van der Waals surface area contributed by atoms with Gasteiger partial charge in [-0.05, 0) is 85.8 Å². The van der Waals surface area contributed by atoms with E-state index in [-0.39, 0.29) is 23.9 Å². The number of nitrogens with zero attached hydrogens (tertiary/aromatic N) is 2. The van der Waals surface area contributed by atoms with Crippen LogP contribution in [0.4, 0.5) is 9.18 Å². The van der Waals surface area contributed by atoms with Gasteiger partial charge < -0.3 is 15.8 Å². The fraction of sp³-hybridized carbons (Fsp3) is 0.467. The lowest BCUT2D eigenvalue weighted by molar-refractivity contribution is -0.128. The van der Waals surface area contributed by atoms with Crippen molar-refractivity contribution in [1.82, 2.24) is 10.2 Å². The van der Waals surface area contributed by atoms with Gasteiger partial charge >= 0.3 is 6.09 Å². The van der Waals surface area contributed by atoms with Crippen LogP contribution in [0.3, 0.4) is 0 Å². The first-order chi connectivity index (χ1) is 18.4. The molecule has 3 fully saturated rings. The van der Waals surface area contributed by atoms with Gasteiger partial charge in [-0.3, -0.25) is 14.5 Å². The standard InChI is InChI=1S/C30H33FN4O4/c1-15-24-21-13-23(25(15)24)35(29(38)39-30(2,3)4)26(21)28(37)34-20(14-32)11-18-9-8-17(12-22(18)31)16-6-5-7-19(10-16)27(33)36/h5-10,12,15,20-21,23-26H,11,13H2,1-4H3,(H2,33,36)(H,34,37)/t15-,20-,21+,23-,24?,25?,26-/m0/s1. The highest BCUT2D eigenvalue weighted by molar-refractivity contribution is 5.94. The molecule has 39 heavy (non-hydrogen) atoms. The largest absolute Gasteiger partial charge is 0.444 e. The van der Waals surface area contributed by atoms with Crippen LogP contribution in [0.25, 0.3) is 11.1 Å². The summed E-state index contributed by atoms with van der Waals surface area (Å²) in [6.45, 7) is 7.52. The molecule has 1 saturated heterocycles. The van der Waals surface area contributed by atoms with E-state index in [1.807, 2.05) is 0 Å². The minimum Gasteiger partial charge on any atom is -0.444 e. The minimum absolute atomic E-state index is 0.0223. The number of hydrogen-bond acceptors (Lipinski definition) is 5. The van der Waals surface area contributed by atoms with Gasteiger partial charge in [-0.15, -0.1) is 0 Å². The molecule has 5 rings (SSSR count). The minimum atomic E-state index is -0.983. The number of amides is 3. The Morgan fingerprint density at radius 2 is 1.90 bits per heavy atom. The molecule has 7 atom stereocenters. The second-order valence-corrected chi connectivity index (χ2v) is 12.0. The number of carbonyl (C=O) groups is 3. The summed E-state index contributed by atoms with van der Waals surface area (Å²) in [5.74, 6) is -0.269. The number of ether oxygens (including phenoxy) is 1. The SMILES string of the molecule is C[C@H]1C2C1[C@@H]1C[C@H]2[C@@H](C(=O)N[C@H](C#N)Cc2ccc(-c3cccc(C(N)=O)c3)cc2F)N1C(=O)OC(C)(C)C. The molecule has 3 aliphatic rings. The average Bonchev–Trinajstić information content (AvgIpc) is 3.21. The van der Waals surface area contributed by atoms with Crippen LogP contribution in [0, 0.1) is 40.8 Å². The van der Waals surface area contributed by atoms with E-state index in [4.69, 9.17) is 10.5 Å². The molecule has 2 unspecified atom stereocenters. The number of nitrogens with one attached hydrogen (secondary N) is 1.